The number of aromatic nitrogens is 2. The van der Waals surface area contributed by atoms with Gasteiger partial charge in [0.1, 0.15) is 6.61 Å². The maximum Gasteiger partial charge on any atom is 0.166 e. The zero-order valence-corrected chi connectivity index (χ0v) is 12.9. The van der Waals surface area contributed by atoms with Crippen molar-refractivity contribution in [2.75, 3.05) is 6.61 Å². The van der Waals surface area contributed by atoms with E-state index in [1.165, 1.54) is 0 Å². The summed E-state index contributed by atoms with van der Waals surface area (Å²) in [5, 5.41) is 4.42. The largest absolute Gasteiger partial charge is 0.490 e. The van der Waals surface area contributed by atoms with Crippen molar-refractivity contribution < 1.29 is 9.47 Å². The highest BCUT2D eigenvalue weighted by molar-refractivity contribution is 5.46. The lowest BCUT2D eigenvalue weighted by Crippen LogP contribution is -2.09. The minimum atomic E-state index is 0.419. The van der Waals surface area contributed by atoms with Crippen LogP contribution in [0.3, 0.4) is 0 Å². The van der Waals surface area contributed by atoms with Gasteiger partial charge in [-0.25, -0.2) is 0 Å². The quantitative estimate of drug-likeness (QED) is 0.851. The van der Waals surface area contributed by atoms with Gasteiger partial charge in [-0.05, 0) is 32.9 Å². The lowest BCUT2D eigenvalue weighted by atomic mass is 10.2. The average molecular weight is 289 g/mol. The van der Waals surface area contributed by atoms with Crippen LogP contribution in [0.4, 0.5) is 0 Å². The first kappa shape index (κ1) is 15.4. The van der Waals surface area contributed by atoms with E-state index in [1.807, 2.05) is 42.8 Å². The number of nitrogens with zero attached hydrogens (tertiary/aromatic N) is 2. The van der Waals surface area contributed by atoms with Gasteiger partial charge in [0.15, 0.2) is 11.5 Å². The molecule has 114 valence electrons. The van der Waals surface area contributed by atoms with Crippen LogP contribution in [0.5, 0.6) is 11.5 Å². The Kier molecular flexibility index (Phi) is 5.22. The van der Waals surface area contributed by atoms with E-state index >= 15 is 0 Å². The minimum Gasteiger partial charge on any atom is -0.490 e. The maximum absolute atomic E-state index is 5.99. The van der Waals surface area contributed by atoms with Crippen molar-refractivity contribution in [1.29, 1.82) is 0 Å². The molecule has 0 bridgehead atoms. The van der Waals surface area contributed by atoms with Gasteiger partial charge in [-0.3, -0.25) is 4.68 Å². The number of hydrogen-bond acceptors (Lipinski definition) is 4. The van der Waals surface area contributed by atoms with E-state index in [4.69, 9.17) is 15.2 Å². The van der Waals surface area contributed by atoms with Gasteiger partial charge >= 0.3 is 0 Å². The Morgan fingerprint density at radius 3 is 2.71 bits per heavy atom. The molecule has 2 N–H and O–H groups in total. The van der Waals surface area contributed by atoms with Crippen molar-refractivity contribution in [2.24, 2.45) is 5.73 Å². The molecule has 1 heterocycles. The molecule has 1 aromatic carbocycles. The van der Waals surface area contributed by atoms with Crippen LogP contribution in [0.25, 0.3) is 0 Å². The monoisotopic (exact) mass is 289 g/mol. The molecule has 2 rings (SSSR count). The van der Waals surface area contributed by atoms with Crippen LogP contribution in [0, 0.1) is 6.92 Å². The molecule has 0 spiro atoms. The summed E-state index contributed by atoms with van der Waals surface area (Å²) in [5.41, 5.74) is 8.78. The zero-order valence-electron chi connectivity index (χ0n) is 12.9. The summed E-state index contributed by atoms with van der Waals surface area (Å²) in [6.07, 6.45) is 0. The molecule has 5 nitrogen and oxygen atoms in total. The molecule has 0 fully saturated rings. The number of benzene rings is 1. The maximum atomic E-state index is 5.99. The second-order valence-electron chi connectivity index (χ2n) is 4.76. The predicted octanol–water partition coefficient (Wildman–Crippen LogP) is 2.65. The van der Waals surface area contributed by atoms with E-state index in [1.54, 1.807) is 0 Å². The molecule has 0 unspecified atom stereocenters. The van der Waals surface area contributed by atoms with Gasteiger partial charge in [0.2, 0.25) is 0 Å². The van der Waals surface area contributed by atoms with E-state index in [0.29, 0.717) is 19.8 Å². The molecule has 0 aliphatic heterocycles. The van der Waals surface area contributed by atoms with Crippen molar-refractivity contribution in [1.82, 2.24) is 9.78 Å². The molecule has 0 atom stereocenters. The molecule has 0 saturated carbocycles. The molecule has 0 aliphatic rings. The van der Waals surface area contributed by atoms with Gasteiger partial charge in [0, 0.05) is 18.7 Å². The summed E-state index contributed by atoms with van der Waals surface area (Å²) in [6, 6.07) is 7.83. The second kappa shape index (κ2) is 7.13. The Balaban J connectivity index is 2.22. The number of nitrogens with two attached hydrogens (primary N) is 1. The second-order valence-corrected chi connectivity index (χ2v) is 4.76. The van der Waals surface area contributed by atoms with Crippen LogP contribution in [-0.2, 0) is 19.7 Å². The smallest absolute Gasteiger partial charge is 0.166 e. The zero-order chi connectivity index (χ0) is 15.2. The van der Waals surface area contributed by atoms with Crippen molar-refractivity contribution in [3.63, 3.8) is 0 Å². The van der Waals surface area contributed by atoms with Gasteiger partial charge in [-0.1, -0.05) is 12.1 Å². The standard InChI is InChI=1S/C16H23N3O2/c1-4-19-14(9-12(3)18-19)11-21-16-13(10-17)7-6-8-15(16)20-5-2/h6-9H,4-5,10-11,17H2,1-3H3. The Morgan fingerprint density at radius 2 is 2.05 bits per heavy atom. The van der Waals surface area contributed by atoms with Crippen LogP contribution >= 0.6 is 0 Å². The van der Waals surface area contributed by atoms with E-state index in [-0.39, 0.29) is 0 Å². The highest BCUT2D eigenvalue weighted by atomic mass is 16.5. The molecular weight excluding hydrogens is 266 g/mol. The lowest BCUT2D eigenvalue weighted by molar-refractivity contribution is 0.259. The lowest BCUT2D eigenvalue weighted by Gasteiger charge is -2.15. The van der Waals surface area contributed by atoms with Gasteiger partial charge in [0.05, 0.1) is 18.0 Å². The molecule has 0 aliphatic carbocycles. The number of ether oxygens (including phenoxy) is 2. The Bertz CT molecular complexity index is 593. The molecule has 2 aromatic rings. The van der Waals surface area contributed by atoms with Crippen LogP contribution in [0.1, 0.15) is 30.8 Å². The van der Waals surface area contributed by atoms with E-state index in [9.17, 15) is 0 Å². The first-order chi connectivity index (χ1) is 10.2. The van der Waals surface area contributed by atoms with Crippen LogP contribution < -0.4 is 15.2 Å². The highest BCUT2D eigenvalue weighted by Crippen LogP contribution is 2.31. The fourth-order valence-electron chi connectivity index (χ4n) is 2.29. The molecular formula is C16H23N3O2. The minimum absolute atomic E-state index is 0.419. The van der Waals surface area contributed by atoms with E-state index in [0.717, 1.165) is 35.0 Å². The summed E-state index contributed by atoms with van der Waals surface area (Å²) in [4.78, 5) is 0. The van der Waals surface area contributed by atoms with Gasteiger partial charge < -0.3 is 15.2 Å². The van der Waals surface area contributed by atoms with Gasteiger partial charge in [0.25, 0.3) is 0 Å². The van der Waals surface area contributed by atoms with E-state index in [2.05, 4.69) is 12.0 Å². The van der Waals surface area contributed by atoms with Crippen molar-refractivity contribution >= 4 is 0 Å². The Morgan fingerprint density at radius 1 is 1.24 bits per heavy atom. The number of aryl methyl sites for hydroxylation is 2. The van der Waals surface area contributed by atoms with Crippen molar-refractivity contribution in [3.8, 4) is 11.5 Å². The normalized spacial score (nSPS) is 10.7. The van der Waals surface area contributed by atoms with E-state index < -0.39 is 0 Å². The first-order valence-electron chi connectivity index (χ1n) is 7.30. The summed E-state index contributed by atoms with van der Waals surface area (Å²) < 4.78 is 13.6. The van der Waals surface area contributed by atoms with Crippen LogP contribution in [-0.4, -0.2) is 16.4 Å². The molecule has 0 radical (unpaired) electrons. The van der Waals surface area contributed by atoms with Crippen molar-refractivity contribution in [3.05, 3.63) is 41.2 Å². The van der Waals surface area contributed by atoms with Crippen LogP contribution in [0.2, 0.25) is 0 Å². The third kappa shape index (κ3) is 3.55. The van der Waals surface area contributed by atoms with Gasteiger partial charge in [-0.2, -0.15) is 5.10 Å². The fraction of sp³-hybridized carbons (Fsp3) is 0.438. The average Bonchev–Trinajstić information content (AvgIpc) is 2.86. The fourth-order valence-corrected chi connectivity index (χ4v) is 2.29. The molecule has 5 heteroatoms. The topological polar surface area (TPSA) is 62.3 Å². The van der Waals surface area contributed by atoms with Crippen LogP contribution in [0.15, 0.2) is 24.3 Å². The summed E-state index contributed by atoms with van der Waals surface area (Å²) in [5.74, 6) is 1.46. The first-order valence-corrected chi connectivity index (χ1v) is 7.30. The molecule has 21 heavy (non-hydrogen) atoms. The predicted molar refractivity (Wildman–Crippen MR) is 82.5 cm³/mol. The molecule has 1 aromatic heterocycles. The van der Waals surface area contributed by atoms with Gasteiger partial charge in [-0.15, -0.1) is 0 Å². The molecule has 0 saturated heterocycles. The number of para-hydroxylation sites is 1. The number of rotatable bonds is 7. The molecule has 0 amide bonds. The third-order valence-corrected chi connectivity index (χ3v) is 3.23. The highest BCUT2D eigenvalue weighted by Gasteiger charge is 2.12. The third-order valence-electron chi connectivity index (χ3n) is 3.23. The Hall–Kier alpha value is -2.01. The number of hydrogen-bond donors (Lipinski definition) is 1. The summed E-state index contributed by atoms with van der Waals surface area (Å²) in [7, 11) is 0. The SMILES string of the molecule is CCOc1cccc(CN)c1OCc1cc(C)nn1CC. The Labute approximate surface area is 125 Å². The van der Waals surface area contributed by atoms with Crippen molar-refractivity contribution in [2.45, 2.75) is 40.5 Å². The summed E-state index contributed by atoms with van der Waals surface area (Å²) >= 11 is 0. The summed E-state index contributed by atoms with van der Waals surface area (Å²) in [6.45, 7) is 8.28.